The first kappa shape index (κ1) is 6.91. The van der Waals surface area contributed by atoms with Crippen LogP contribution in [0.2, 0.25) is 0 Å². The molecule has 1 heterocycles. The molecule has 0 aliphatic heterocycles. The van der Waals surface area contributed by atoms with Crippen molar-refractivity contribution in [3.63, 3.8) is 0 Å². The van der Waals surface area contributed by atoms with Crippen molar-refractivity contribution in [2.75, 3.05) is 0 Å². The summed E-state index contributed by atoms with van der Waals surface area (Å²) in [5, 5.41) is 11.3. The van der Waals surface area contributed by atoms with E-state index in [1.165, 1.54) is 6.07 Å². The molecule has 0 atom stereocenters. The zero-order valence-corrected chi connectivity index (χ0v) is 6.34. The van der Waals surface area contributed by atoms with Crippen molar-refractivity contribution < 1.29 is 5.11 Å². The van der Waals surface area contributed by atoms with Gasteiger partial charge in [0.05, 0.1) is 12.0 Å². The molecule has 0 spiro atoms. The zero-order valence-electron chi connectivity index (χ0n) is 6.34. The van der Waals surface area contributed by atoms with E-state index in [9.17, 15) is 5.11 Å². The minimum atomic E-state index is 0.00972. The van der Waals surface area contributed by atoms with Crippen LogP contribution in [-0.4, -0.2) is 9.55 Å². The van der Waals surface area contributed by atoms with Crippen molar-refractivity contribution in [2.45, 2.75) is 0 Å². The van der Waals surface area contributed by atoms with Gasteiger partial charge in [-0.1, -0.05) is 12.1 Å². The second-order valence-corrected chi connectivity index (χ2v) is 2.44. The van der Waals surface area contributed by atoms with Crippen LogP contribution in [0.25, 0.3) is 5.69 Å². The summed E-state index contributed by atoms with van der Waals surface area (Å²) < 4.78 is 1.70. The molecule has 1 aromatic carbocycles. The predicted octanol–water partition coefficient (Wildman–Crippen LogP) is 2.02. The fraction of sp³-hybridized carbons (Fsp3) is 0. The van der Waals surface area contributed by atoms with Gasteiger partial charge in [0, 0.05) is 12.4 Å². The molecule has 0 fully saturated rings. The lowest BCUT2D eigenvalue weighted by Gasteiger charge is -2.00. The van der Waals surface area contributed by atoms with Gasteiger partial charge in [0.2, 0.25) is 5.75 Å². The van der Waals surface area contributed by atoms with E-state index < -0.39 is 0 Å². The molecule has 0 N–H and O–H groups in total. The van der Waals surface area contributed by atoms with Crippen LogP contribution in [0, 0.1) is 0 Å². The van der Waals surface area contributed by atoms with Crippen LogP contribution >= 0.6 is 0 Å². The summed E-state index contributed by atoms with van der Waals surface area (Å²) in [6, 6.07) is 6.86. The van der Waals surface area contributed by atoms with E-state index in [4.69, 9.17) is 0 Å². The highest BCUT2D eigenvalue weighted by molar-refractivity contribution is 5.44. The van der Waals surface area contributed by atoms with Crippen LogP contribution in [-0.2, 0) is 5.11 Å². The molecule has 3 heteroatoms. The Balaban J connectivity index is 2.55. The average Bonchev–Trinajstić information content (AvgIpc) is 2.57. The summed E-state index contributed by atoms with van der Waals surface area (Å²) in [7, 11) is 0. The van der Waals surface area contributed by atoms with Crippen LogP contribution in [0.5, 0.6) is 5.75 Å². The molecule has 0 amide bonds. The van der Waals surface area contributed by atoms with Crippen LogP contribution in [0.4, 0.5) is 0 Å². The van der Waals surface area contributed by atoms with Gasteiger partial charge in [-0.3, -0.25) is 5.11 Å². The highest BCUT2D eigenvalue weighted by Gasteiger charge is 2.01. The average molecular weight is 159 g/mol. The third kappa shape index (κ3) is 1.05. The number of aromatic nitrogens is 2. The summed E-state index contributed by atoms with van der Waals surface area (Å²) in [4.78, 5) is 3.86. The summed E-state index contributed by atoms with van der Waals surface area (Å²) >= 11 is 0. The highest BCUT2D eigenvalue weighted by atomic mass is 16.3. The molecule has 12 heavy (non-hydrogen) atoms. The van der Waals surface area contributed by atoms with Crippen LogP contribution < -0.4 is 0 Å². The molecular weight excluding hydrogens is 152 g/mol. The first-order chi connectivity index (χ1) is 5.88. The molecule has 2 aromatic rings. The highest BCUT2D eigenvalue weighted by Crippen LogP contribution is 2.20. The summed E-state index contributed by atoms with van der Waals surface area (Å²) in [6.45, 7) is 0. The second kappa shape index (κ2) is 2.70. The molecule has 59 valence electrons. The van der Waals surface area contributed by atoms with E-state index in [1.54, 1.807) is 35.4 Å². The summed E-state index contributed by atoms with van der Waals surface area (Å²) in [6.07, 6.45) is 5.00. The van der Waals surface area contributed by atoms with E-state index in [0.29, 0.717) is 5.69 Å². The Morgan fingerprint density at radius 2 is 2.08 bits per heavy atom. The van der Waals surface area contributed by atoms with E-state index >= 15 is 0 Å². The first-order valence-electron chi connectivity index (χ1n) is 3.62. The van der Waals surface area contributed by atoms with Crippen molar-refractivity contribution in [2.24, 2.45) is 0 Å². The summed E-state index contributed by atoms with van der Waals surface area (Å²) in [5.74, 6) is 0.00972. The number of imidazole rings is 1. The van der Waals surface area contributed by atoms with Crippen molar-refractivity contribution in [3.05, 3.63) is 43.0 Å². The first-order valence-corrected chi connectivity index (χ1v) is 3.62. The molecule has 0 saturated heterocycles. The Labute approximate surface area is 69.9 Å². The van der Waals surface area contributed by atoms with E-state index in [0.717, 1.165) is 0 Å². The van der Waals surface area contributed by atoms with Gasteiger partial charge >= 0.3 is 0 Å². The monoisotopic (exact) mass is 159 g/mol. The maximum Gasteiger partial charge on any atom is 0.202 e. The molecular formula is C9H7N2O. The van der Waals surface area contributed by atoms with Crippen molar-refractivity contribution in [3.8, 4) is 11.4 Å². The fourth-order valence-corrected chi connectivity index (χ4v) is 1.07. The van der Waals surface area contributed by atoms with E-state index in [2.05, 4.69) is 4.98 Å². The largest absolute Gasteiger partial charge is 0.303 e. The normalized spacial score (nSPS) is 10.0. The van der Waals surface area contributed by atoms with Crippen molar-refractivity contribution >= 4 is 0 Å². The number of nitrogens with zero attached hydrogens (tertiary/aromatic N) is 2. The number of hydrogen-bond donors (Lipinski definition) is 0. The van der Waals surface area contributed by atoms with Crippen LogP contribution in [0.3, 0.4) is 0 Å². The molecule has 0 saturated carbocycles. The van der Waals surface area contributed by atoms with Gasteiger partial charge in [-0.2, -0.15) is 0 Å². The Bertz CT molecular complexity index is 368. The topological polar surface area (TPSA) is 37.7 Å². The van der Waals surface area contributed by atoms with Gasteiger partial charge in [0.1, 0.15) is 0 Å². The molecule has 0 aliphatic rings. The molecule has 2 rings (SSSR count). The lowest BCUT2D eigenvalue weighted by Crippen LogP contribution is -1.88. The Morgan fingerprint density at radius 1 is 1.25 bits per heavy atom. The van der Waals surface area contributed by atoms with Gasteiger partial charge in [-0.15, -0.1) is 0 Å². The van der Waals surface area contributed by atoms with Gasteiger partial charge in [0.25, 0.3) is 0 Å². The Hall–Kier alpha value is -1.77. The summed E-state index contributed by atoms with van der Waals surface area (Å²) in [5.41, 5.74) is 0.634. The lowest BCUT2D eigenvalue weighted by molar-refractivity contribution is 0.353. The smallest absolute Gasteiger partial charge is 0.202 e. The van der Waals surface area contributed by atoms with Crippen LogP contribution in [0.1, 0.15) is 0 Å². The molecule has 3 nitrogen and oxygen atoms in total. The van der Waals surface area contributed by atoms with Gasteiger partial charge < -0.3 is 4.57 Å². The zero-order chi connectivity index (χ0) is 8.39. The minimum Gasteiger partial charge on any atom is -0.303 e. The SMILES string of the molecule is [O]c1ccccc1-n1ccnc1. The van der Waals surface area contributed by atoms with Gasteiger partial charge in [-0.25, -0.2) is 4.98 Å². The standard InChI is InChI=1S/C9H7N2O/c12-9-4-2-1-3-8(9)11-6-5-10-7-11/h1-7H. The predicted molar refractivity (Wildman–Crippen MR) is 43.7 cm³/mol. The number of para-hydroxylation sites is 2. The number of hydrogen-bond acceptors (Lipinski definition) is 1. The van der Waals surface area contributed by atoms with E-state index in [-0.39, 0.29) is 5.75 Å². The number of rotatable bonds is 1. The molecule has 0 unspecified atom stereocenters. The fourth-order valence-electron chi connectivity index (χ4n) is 1.07. The number of benzene rings is 1. The minimum absolute atomic E-state index is 0.00972. The van der Waals surface area contributed by atoms with Gasteiger partial charge in [0.15, 0.2) is 0 Å². The second-order valence-electron chi connectivity index (χ2n) is 2.44. The third-order valence-electron chi connectivity index (χ3n) is 1.65. The quantitative estimate of drug-likeness (QED) is 0.627. The van der Waals surface area contributed by atoms with Crippen molar-refractivity contribution in [1.29, 1.82) is 0 Å². The molecule has 1 radical (unpaired) electrons. The Morgan fingerprint density at radius 3 is 2.75 bits per heavy atom. The van der Waals surface area contributed by atoms with Gasteiger partial charge in [-0.05, 0) is 12.1 Å². The molecule has 0 aliphatic carbocycles. The van der Waals surface area contributed by atoms with Crippen molar-refractivity contribution in [1.82, 2.24) is 9.55 Å². The maximum absolute atomic E-state index is 11.3. The molecule has 0 bridgehead atoms. The van der Waals surface area contributed by atoms with E-state index in [1.807, 2.05) is 6.07 Å². The Kier molecular flexibility index (Phi) is 1.55. The molecule has 1 aromatic heterocycles. The van der Waals surface area contributed by atoms with Crippen LogP contribution in [0.15, 0.2) is 43.0 Å². The lowest BCUT2D eigenvalue weighted by atomic mass is 10.3. The maximum atomic E-state index is 11.3. The third-order valence-corrected chi connectivity index (χ3v) is 1.65.